The lowest BCUT2D eigenvalue weighted by Crippen LogP contribution is -2.26. The summed E-state index contributed by atoms with van der Waals surface area (Å²) in [4.78, 5) is 11.4. The maximum absolute atomic E-state index is 11.4. The van der Waals surface area contributed by atoms with Gasteiger partial charge in [0.25, 0.3) is 0 Å². The van der Waals surface area contributed by atoms with Crippen LogP contribution in [0.4, 0.5) is 0 Å². The van der Waals surface area contributed by atoms with E-state index in [4.69, 9.17) is 23.2 Å². The zero-order valence-electron chi connectivity index (χ0n) is 10.4. The lowest BCUT2D eigenvalue weighted by atomic mass is 9.99. The Morgan fingerprint density at radius 2 is 1.26 bits per heavy atom. The topological polar surface area (TPSA) is 29.1 Å². The third-order valence-electron chi connectivity index (χ3n) is 2.75. The summed E-state index contributed by atoms with van der Waals surface area (Å²) >= 11 is 11.8. The second kappa shape index (κ2) is 6.09. The van der Waals surface area contributed by atoms with E-state index in [9.17, 15) is 4.79 Å². The zero-order chi connectivity index (χ0) is 13.8. The molecule has 0 fully saturated rings. The normalized spacial score (nSPS) is 10.5. The van der Waals surface area contributed by atoms with Crippen LogP contribution in [-0.4, -0.2) is 5.91 Å². The van der Waals surface area contributed by atoms with Gasteiger partial charge in [0, 0.05) is 17.0 Å². The van der Waals surface area contributed by atoms with E-state index < -0.39 is 0 Å². The molecule has 19 heavy (non-hydrogen) atoms. The lowest BCUT2D eigenvalue weighted by molar-refractivity contribution is -0.119. The minimum Gasteiger partial charge on any atom is -0.345 e. The monoisotopic (exact) mass is 293 g/mol. The number of carbonyl (C=O) groups excluding carboxylic acids is 1. The van der Waals surface area contributed by atoms with Crippen molar-refractivity contribution >= 4 is 29.1 Å². The van der Waals surface area contributed by atoms with Crippen LogP contribution in [0.15, 0.2) is 48.5 Å². The van der Waals surface area contributed by atoms with Crippen LogP contribution in [0.2, 0.25) is 10.0 Å². The number of nitrogens with one attached hydrogen (secondary N) is 1. The van der Waals surface area contributed by atoms with Crippen molar-refractivity contribution in [1.29, 1.82) is 0 Å². The smallest absolute Gasteiger partial charge is 0.217 e. The molecule has 0 unspecified atom stereocenters. The maximum atomic E-state index is 11.4. The molecular weight excluding hydrogens is 281 g/mol. The van der Waals surface area contributed by atoms with Crippen LogP contribution in [-0.2, 0) is 4.79 Å². The van der Waals surface area contributed by atoms with Gasteiger partial charge in [-0.2, -0.15) is 0 Å². The minimum absolute atomic E-state index is 0.0881. The fourth-order valence-electron chi connectivity index (χ4n) is 1.87. The molecule has 0 heterocycles. The van der Waals surface area contributed by atoms with Gasteiger partial charge in [0.15, 0.2) is 0 Å². The number of carbonyl (C=O) groups is 1. The maximum Gasteiger partial charge on any atom is 0.217 e. The van der Waals surface area contributed by atoms with Gasteiger partial charge in [-0.1, -0.05) is 47.5 Å². The Bertz CT molecular complexity index is 518. The summed E-state index contributed by atoms with van der Waals surface area (Å²) in [5, 5.41) is 4.26. The molecule has 0 aliphatic rings. The molecule has 4 heteroatoms. The average Bonchev–Trinajstić information content (AvgIpc) is 2.38. The highest BCUT2D eigenvalue weighted by molar-refractivity contribution is 6.30. The van der Waals surface area contributed by atoms with Gasteiger partial charge in [-0.3, -0.25) is 4.79 Å². The summed E-state index contributed by atoms with van der Waals surface area (Å²) < 4.78 is 0. The molecule has 0 aliphatic heterocycles. The molecular formula is C15H13Cl2NO. The van der Waals surface area contributed by atoms with Crippen molar-refractivity contribution in [2.24, 2.45) is 0 Å². The molecule has 0 radical (unpaired) electrons. The molecule has 1 N–H and O–H groups in total. The summed E-state index contributed by atoms with van der Waals surface area (Å²) in [6.07, 6.45) is 0. The van der Waals surface area contributed by atoms with E-state index in [1.165, 1.54) is 6.92 Å². The molecule has 0 saturated carbocycles. The van der Waals surface area contributed by atoms with Crippen molar-refractivity contribution in [2.75, 3.05) is 0 Å². The summed E-state index contributed by atoms with van der Waals surface area (Å²) in [6, 6.07) is 14.6. The molecule has 0 atom stereocenters. The molecule has 0 saturated heterocycles. The molecule has 98 valence electrons. The molecule has 2 aromatic rings. The van der Waals surface area contributed by atoms with Gasteiger partial charge >= 0.3 is 0 Å². The Labute approximate surface area is 122 Å². The molecule has 0 spiro atoms. The lowest BCUT2D eigenvalue weighted by Gasteiger charge is -2.19. The Hall–Kier alpha value is -1.51. The first kappa shape index (κ1) is 13.9. The fourth-order valence-corrected chi connectivity index (χ4v) is 2.12. The first-order chi connectivity index (χ1) is 9.06. The van der Waals surface area contributed by atoms with Gasteiger partial charge < -0.3 is 5.32 Å². The van der Waals surface area contributed by atoms with E-state index in [0.717, 1.165) is 11.1 Å². The van der Waals surface area contributed by atoms with Crippen LogP contribution in [0.1, 0.15) is 24.1 Å². The highest BCUT2D eigenvalue weighted by Gasteiger charge is 2.14. The Balaban J connectivity index is 2.37. The third-order valence-corrected chi connectivity index (χ3v) is 3.26. The van der Waals surface area contributed by atoms with E-state index >= 15 is 0 Å². The van der Waals surface area contributed by atoms with Crippen LogP contribution in [0.5, 0.6) is 0 Å². The Morgan fingerprint density at radius 1 is 0.895 bits per heavy atom. The van der Waals surface area contributed by atoms with Gasteiger partial charge in [0.1, 0.15) is 0 Å². The molecule has 0 aromatic heterocycles. The predicted molar refractivity (Wildman–Crippen MR) is 78.6 cm³/mol. The molecule has 2 nitrogen and oxygen atoms in total. The van der Waals surface area contributed by atoms with Crippen LogP contribution in [0.3, 0.4) is 0 Å². The molecule has 0 bridgehead atoms. The number of benzene rings is 2. The van der Waals surface area contributed by atoms with E-state index in [1.807, 2.05) is 48.5 Å². The van der Waals surface area contributed by atoms with E-state index in [-0.39, 0.29) is 11.9 Å². The summed E-state index contributed by atoms with van der Waals surface area (Å²) in [5.41, 5.74) is 1.95. The molecule has 0 aliphatic carbocycles. The highest BCUT2D eigenvalue weighted by Crippen LogP contribution is 2.24. The van der Waals surface area contributed by atoms with Gasteiger partial charge in [-0.05, 0) is 35.4 Å². The van der Waals surface area contributed by atoms with Crippen molar-refractivity contribution < 1.29 is 4.79 Å². The zero-order valence-corrected chi connectivity index (χ0v) is 11.9. The van der Waals surface area contributed by atoms with Gasteiger partial charge in [0.05, 0.1) is 6.04 Å². The average molecular weight is 294 g/mol. The third kappa shape index (κ3) is 3.72. The Kier molecular flexibility index (Phi) is 4.46. The number of rotatable bonds is 3. The fraction of sp³-hybridized carbons (Fsp3) is 0.133. The van der Waals surface area contributed by atoms with Crippen LogP contribution in [0, 0.1) is 0 Å². The van der Waals surface area contributed by atoms with E-state index in [1.54, 1.807) is 0 Å². The summed E-state index contributed by atoms with van der Waals surface area (Å²) in [7, 11) is 0. The van der Waals surface area contributed by atoms with Crippen molar-refractivity contribution in [1.82, 2.24) is 5.32 Å². The van der Waals surface area contributed by atoms with E-state index in [2.05, 4.69) is 5.32 Å². The molecule has 2 rings (SSSR count). The molecule has 2 aromatic carbocycles. The second-order valence-electron chi connectivity index (χ2n) is 4.24. The van der Waals surface area contributed by atoms with Crippen LogP contribution >= 0.6 is 23.2 Å². The van der Waals surface area contributed by atoms with Gasteiger partial charge in [-0.25, -0.2) is 0 Å². The van der Waals surface area contributed by atoms with Crippen molar-refractivity contribution in [3.05, 3.63) is 69.7 Å². The predicted octanol–water partition coefficient (Wildman–Crippen LogP) is 4.22. The quantitative estimate of drug-likeness (QED) is 0.902. The van der Waals surface area contributed by atoms with Gasteiger partial charge in [-0.15, -0.1) is 0 Å². The Morgan fingerprint density at radius 3 is 1.58 bits per heavy atom. The standard InChI is InChI=1S/C15H13Cl2NO/c1-10(19)18-15(11-2-6-13(16)7-3-11)12-4-8-14(17)9-5-12/h2-9,15H,1H3,(H,18,19). The largest absolute Gasteiger partial charge is 0.345 e. The first-order valence-corrected chi connectivity index (χ1v) is 6.60. The SMILES string of the molecule is CC(=O)NC(c1ccc(Cl)cc1)c1ccc(Cl)cc1. The molecule has 1 amide bonds. The van der Waals surface area contributed by atoms with E-state index in [0.29, 0.717) is 10.0 Å². The van der Waals surface area contributed by atoms with Crippen molar-refractivity contribution in [2.45, 2.75) is 13.0 Å². The first-order valence-electron chi connectivity index (χ1n) is 5.84. The number of hydrogen-bond donors (Lipinski definition) is 1. The van der Waals surface area contributed by atoms with Gasteiger partial charge in [0.2, 0.25) is 5.91 Å². The van der Waals surface area contributed by atoms with Crippen molar-refractivity contribution in [3.8, 4) is 0 Å². The second-order valence-corrected chi connectivity index (χ2v) is 5.11. The highest BCUT2D eigenvalue weighted by atomic mass is 35.5. The van der Waals surface area contributed by atoms with Crippen LogP contribution in [0.25, 0.3) is 0 Å². The number of hydrogen-bond acceptors (Lipinski definition) is 1. The van der Waals surface area contributed by atoms with Crippen molar-refractivity contribution in [3.63, 3.8) is 0 Å². The number of halogens is 2. The number of amides is 1. The minimum atomic E-state index is -0.202. The summed E-state index contributed by atoms with van der Waals surface area (Å²) in [6.45, 7) is 1.50. The van der Waals surface area contributed by atoms with Crippen LogP contribution < -0.4 is 5.32 Å². The summed E-state index contributed by atoms with van der Waals surface area (Å²) in [5.74, 6) is -0.0881.